The van der Waals surface area contributed by atoms with Crippen LogP contribution in [-0.4, -0.2) is 38.0 Å². The number of hydrogen-bond acceptors (Lipinski definition) is 5. The first-order chi connectivity index (χ1) is 16.2. The molecule has 33 heavy (non-hydrogen) atoms. The molecule has 0 bridgehead atoms. The van der Waals surface area contributed by atoms with Gasteiger partial charge in [-0.15, -0.1) is 0 Å². The molecule has 0 saturated carbocycles. The van der Waals surface area contributed by atoms with Crippen LogP contribution >= 0.6 is 0 Å². The van der Waals surface area contributed by atoms with Gasteiger partial charge in [0, 0.05) is 6.08 Å². The van der Waals surface area contributed by atoms with Gasteiger partial charge in [-0.2, -0.15) is 0 Å². The summed E-state index contributed by atoms with van der Waals surface area (Å²) in [7, 11) is 0. The lowest BCUT2D eigenvalue weighted by molar-refractivity contribution is -0.137. The Labute approximate surface area is 197 Å². The van der Waals surface area contributed by atoms with Crippen molar-refractivity contribution in [3.8, 4) is 22.6 Å². The second-order valence-electron chi connectivity index (χ2n) is 8.35. The van der Waals surface area contributed by atoms with Crippen LogP contribution in [0, 0.1) is 0 Å². The lowest BCUT2D eigenvalue weighted by Gasteiger charge is -2.09. The quantitative estimate of drug-likeness (QED) is 0.128. The van der Waals surface area contributed by atoms with Crippen LogP contribution in [0.3, 0.4) is 0 Å². The Hall–Kier alpha value is -2.79. The molecule has 2 aromatic carbocycles. The molecule has 1 heterocycles. The van der Waals surface area contributed by atoms with Gasteiger partial charge in [0.15, 0.2) is 0 Å². The van der Waals surface area contributed by atoms with E-state index in [0.29, 0.717) is 25.9 Å². The van der Waals surface area contributed by atoms with Gasteiger partial charge in [0.1, 0.15) is 24.2 Å². The Morgan fingerprint density at radius 1 is 0.848 bits per heavy atom. The highest BCUT2D eigenvalue weighted by Gasteiger charge is 2.38. The molecular formula is C28H36O5. The summed E-state index contributed by atoms with van der Waals surface area (Å²) in [6.45, 7) is 7.36. The number of epoxide rings is 1. The highest BCUT2D eigenvalue weighted by atomic mass is 16.6. The van der Waals surface area contributed by atoms with E-state index in [9.17, 15) is 4.79 Å². The number of esters is 1. The minimum absolute atomic E-state index is 0.256. The predicted molar refractivity (Wildman–Crippen MR) is 131 cm³/mol. The van der Waals surface area contributed by atoms with Crippen molar-refractivity contribution in [2.24, 2.45) is 0 Å². The van der Waals surface area contributed by atoms with Crippen molar-refractivity contribution in [2.75, 3.05) is 19.8 Å². The summed E-state index contributed by atoms with van der Waals surface area (Å²) in [5.41, 5.74) is 2.30. The minimum Gasteiger partial charge on any atom is -0.494 e. The zero-order chi connectivity index (χ0) is 23.3. The van der Waals surface area contributed by atoms with Crippen LogP contribution in [0.1, 0.15) is 51.9 Å². The van der Waals surface area contributed by atoms with Crippen molar-refractivity contribution in [1.82, 2.24) is 0 Å². The van der Waals surface area contributed by atoms with Crippen molar-refractivity contribution >= 4 is 5.97 Å². The van der Waals surface area contributed by atoms with Gasteiger partial charge in [-0.1, -0.05) is 63.5 Å². The van der Waals surface area contributed by atoms with Crippen molar-refractivity contribution in [3.63, 3.8) is 0 Å². The Morgan fingerprint density at radius 2 is 1.42 bits per heavy atom. The number of hydrogen-bond donors (Lipinski definition) is 0. The predicted octanol–water partition coefficient (Wildman–Crippen LogP) is 6.36. The second kappa shape index (κ2) is 13.7. The van der Waals surface area contributed by atoms with Crippen LogP contribution in [0.4, 0.5) is 0 Å². The Bertz CT molecular complexity index is 844. The monoisotopic (exact) mass is 452 g/mol. The van der Waals surface area contributed by atoms with E-state index in [1.807, 2.05) is 24.3 Å². The summed E-state index contributed by atoms with van der Waals surface area (Å²) in [5, 5.41) is 0. The molecule has 3 rings (SSSR count). The Kier molecular flexibility index (Phi) is 10.3. The first kappa shape index (κ1) is 24.8. The van der Waals surface area contributed by atoms with Crippen LogP contribution in [0.5, 0.6) is 11.5 Å². The van der Waals surface area contributed by atoms with Crippen LogP contribution < -0.4 is 9.47 Å². The van der Waals surface area contributed by atoms with E-state index < -0.39 is 0 Å². The summed E-state index contributed by atoms with van der Waals surface area (Å²) >= 11 is 0. The summed E-state index contributed by atoms with van der Waals surface area (Å²) in [6, 6.07) is 16.4. The number of benzene rings is 2. The maximum atomic E-state index is 10.9. The number of ether oxygens (including phenoxy) is 4. The third-order valence-corrected chi connectivity index (χ3v) is 5.69. The third-order valence-electron chi connectivity index (χ3n) is 5.69. The van der Waals surface area contributed by atoms with Gasteiger partial charge in [0.25, 0.3) is 0 Å². The van der Waals surface area contributed by atoms with Gasteiger partial charge in [-0.25, -0.2) is 4.79 Å². The molecule has 1 fully saturated rings. The van der Waals surface area contributed by atoms with E-state index in [-0.39, 0.29) is 12.1 Å². The second-order valence-corrected chi connectivity index (χ2v) is 8.35. The van der Waals surface area contributed by atoms with Crippen molar-refractivity contribution in [3.05, 3.63) is 61.2 Å². The van der Waals surface area contributed by atoms with E-state index in [1.54, 1.807) is 0 Å². The average molecular weight is 453 g/mol. The summed E-state index contributed by atoms with van der Waals surface area (Å²) in [6.07, 6.45) is 9.28. The summed E-state index contributed by atoms with van der Waals surface area (Å²) in [5.74, 6) is 1.42. The Morgan fingerprint density at radius 3 is 2.03 bits per heavy atom. The fourth-order valence-electron chi connectivity index (χ4n) is 3.69. The number of rotatable bonds is 16. The molecule has 1 saturated heterocycles. The van der Waals surface area contributed by atoms with Crippen molar-refractivity contribution in [1.29, 1.82) is 0 Å². The molecule has 0 unspecified atom stereocenters. The van der Waals surface area contributed by atoms with Gasteiger partial charge in [0.2, 0.25) is 0 Å². The van der Waals surface area contributed by atoms with Crippen molar-refractivity contribution < 1.29 is 23.7 Å². The highest BCUT2D eigenvalue weighted by Crippen LogP contribution is 2.28. The van der Waals surface area contributed by atoms with Gasteiger partial charge in [-0.3, -0.25) is 0 Å². The zero-order valence-corrected chi connectivity index (χ0v) is 19.7. The largest absolute Gasteiger partial charge is 0.494 e. The normalized spacial score (nSPS) is 16.8. The molecule has 1 aliphatic rings. The molecule has 0 aromatic heterocycles. The number of carbonyl (C=O) groups is 1. The molecular weight excluding hydrogens is 416 g/mol. The maximum Gasteiger partial charge on any atom is 0.330 e. The fraction of sp³-hybridized carbons (Fsp3) is 0.464. The highest BCUT2D eigenvalue weighted by molar-refractivity contribution is 5.81. The first-order valence-electron chi connectivity index (χ1n) is 12.1. The van der Waals surface area contributed by atoms with E-state index in [4.69, 9.17) is 18.9 Å². The summed E-state index contributed by atoms with van der Waals surface area (Å²) < 4.78 is 22.3. The van der Waals surface area contributed by atoms with E-state index in [2.05, 4.69) is 37.8 Å². The van der Waals surface area contributed by atoms with Gasteiger partial charge < -0.3 is 18.9 Å². The molecule has 0 spiro atoms. The van der Waals surface area contributed by atoms with Crippen molar-refractivity contribution in [2.45, 2.75) is 64.1 Å². The first-order valence-corrected chi connectivity index (χ1v) is 12.1. The number of unbranched alkanes of at least 4 members (excludes halogenated alkanes) is 4. The van der Waals surface area contributed by atoms with Crippen LogP contribution in [-0.2, 0) is 14.3 Å². The molecule has 0 radical (unpaired) electrons. The van der Waals surface area contributed by atoms with E-state index >= 15 is 0 Å². The minimum atomic E-state index is -0.347. The lowest BCUT2D eigenvalue weighted by atomic mass is 10.1. The molecule has 0 aliphatic carbocycles. The SMILES string of the molecule is C=CC(=O)OCCCCCCCOc1ccc(-c2ccc(OC[C@@H]3O[C@H]3CCC)cc2)cc1. The molecule has 5 heteroatoms. The molecule has 0 amide bonds. The van der Waals surface area contributed by atoms with Crippen LogP contribution in [0.15, 0.2) is 61.2 Å². The zero-order valence-electron chi connectivity index (χ0n) is 19.7. The average Bonchev–Trinajstić information content (AvgIpc) is 3.60. The maximum absolute atomic E-state index is 10.9. The van der Waals surface area contributed by atoms with Crippen LogP contribution in [0.25, 0.3) is 11.1 Å². The Balaban J connectivity index is 1.29. The molecule has 2 aromatic rings. The molecule has 0 N–H and O–H groups in total. The molecule has 178 valence electrons. The number of carbonyl (C=O) groups excluding carboxylic acids is 1. The van der Waals surface area contributed by atoms with Gasteiger partial charge in [0.05, 0.1) is 19.3 Å². The van der Waals surface area contributed by atoms with Gasteiger partial charge in [-0.05, 0) is 54.7 Å². The smallest absolute Gasteiger partial charge is 0.330 e. The molecule has 2 atom stereocenters. The van der Waals surface area contributed by atoms with Gasteiger partial charge >= 0.3 is 5.97 Å². The fourth-order valence-corrected chi connectivity index (χ4v) is 3.69. The summed E-state index contributed by atoms with van der Waals surface area (Å²) in [4.78, 5) is 10.9. The van der Waals surface area contributed by atoms with E-state index in [0.717, 1.165) is 67.6 Å². The lowest BCUT2D eigenvalue weighted by Crippen LogP contribution is -2.07. The topological polar surface area (TPSA) is 57.3 Å². The molecule has 1 aliphatic heterocycles. The standard InChI is InChI=1S/C28H36O5/c1-3-10-26-27(33-26)21-32-25-17-13-23(14-18-25)22-11-15-24(16-12-22)30-19-8-6-5-7-9-20-31-28(29)4-2/h4,11-18,26-27H,2-3,5-10,19-21H2,1H3/t26-,27-/m0/s1. The third kappa shape index (κ3) is 8.93. The van der Waals surface area contributed by atoms with Crippen LogP contribution in [0.2, 0.25) is 0 Å². The molecule has 5 nitrogen and oxygen atoms in total. The van der Waals surface area contributed by atoms with E-state index in [1.165, 1.54) is 6.08 Å².